The first kappa shape index (κ1) is 22.9. The number of imidazole rings is 1. The van der Waals surface area contributed by atoms with Crippen molar-refractivity contribution < 1.29 is 18.3 Å². The summed E-state index contributed by atoms with van der Waals surface area (Å²) in [6, 6.07) is 4.59. The Bertz CT molecular complexity index is 1200. The van der Waals surface area contributed by atoms with Gasteiger partial charge in [0.05, 0.1) is 35.2 Å². The van der Waals surface area contributed by atoms with Gasteiger partial charge in [-0.2, -0.15) is 13.9 Å². The standard InChI is InChI=1S/C22H22Cl2F2N4O2/c1-12-10-18(22(3,25)26)28-30-13(2)17(27-20(12)30)11-15-16(23)5-4-14(19(15)24)21(31)29-6-8-32-9-7-29/h4-5,10H,6-9,11H2,1-3H3. The molecule has 4 rings (SSSR count). The number of rotatable bonds is 4. The molecular formula is C22H22Cl2F2N4O2. The van der Waals surface area contributed by atoms with Crippen LogP contribution >= 0.6 is 23.2 Å². The molecule has 1 amide bonds. The van der Waals surface area contributed by atoms with Crippen molar-refractivity contribution in [2.75, 3.05) is 26.3 Å². The fraction of sp³-hybridized carbons (Fsp3) is 0.409. The van der Waals surface area contributed by atoms with Crippen LogP contribution < -0.4 is 0 Å². The van der Waals surface area contributed by atoms with E-state index >= 15 is 0 Å². The average molecular weight is 483 g/mol. The number of morpholine rings is 1. The highest BCUT2D eigenvalue weighted by molar-refractivity contribution is 6.38. The molecule has 1 aromatic carbocycles. The van der Waals surface area contributed by atoms with E-state index in [2.05, 4.69) is 10.1 Å². The van der Waals surface area contributed by atoms with Gasteiger partial charge in [-0.25, -0.2) is 9.50 Å². The van der Waals surface area contributed by atoms with Crippen molar-refractivity contribution in [1.82, 2.24) is 19.5 Å². The predicted molar refractivity (Wildman–Crippen MR) is 118 cm³/mol. The van der Waals surface area contributed by atoms with Crippen LogP contribution in [0.2, 0.25) is 10.0 Å². The van der Waals surface area contributed by atoms with E-state index in [0.29, 0.717) is 65.1 Å². The summed E-state index contributed by atoms with van der Waals surface area (Å²) in [4.78, 5) is 19.3. The van der Waals surface area contributed by atoms with Gasteiger partial charge >= 0.3 is 0 Å². The quantitative estimate of drug-likeness (QED) is 0.534. The molecule has 0 spiro atoms. The Kier molecular flexibility index (Phi) is 6.13. The summed E-state index contributed by atoms with van der Waals surface area (Å²) in [7, 11) is 0. The van der Waals surface area contributed by atoms with E-state index < -0.39 is 5.92 Å². The Labute approximate surface area is 194 Å². The van der Waals surface area contributed by atoms with Crippen molar-refractivity contribution in [3.8, 4) is 0 Å². The lowest BCUT2D eigenvalue weighted by molar-refractivity contribution is 0.0115. The topological polar surface area (TPSA) is 59.7 Å². The summed E-state index contributed by atoms with van der Waals surface area (Å²) in [6.45, 7) is 6.23. The van der Waals surface area contributed by atoms with E-state index in [4.69, 9.17) is 27.9 Å². The number of carbonyl (C=O) groups excluding carboxylic acids is 1. The van der Waals surface area contributed by atoms with E-state index in [1.54, 1.807) is 30.9 Å². The average Bonchev–Trinajstić information content (AvgIpc) is 3.07. The molecular weight excluding hydrogens is 461 g/mol. The van der Waals surface area contributed by atoms with Crippen molar-refractivity contribution in [3.05, 3.63) is 62.0 Å². The van der Waals surface area contributed by atoms with Gasteiger partial charge in [0.1, 0.15) is 5.69 Å². The molecule has 3 heterocycles. The molecule has 1 aliphatic heterocycles. The molecule has 0 unspecified atom stereocenters. The highest BCUT2D eigenvalue weighted by Gasteiger charge is 2.29. The van der Waals surface area contributed by atoms with Crippen molar-refractivity contribution >= 4 is 34.8 Å². The molecule has 170 valence electrons. The largest absolute Gasteiger partial charge is 0.378 e. The van der Waals surface area contributed by atoms with E-state index in [9.17, 15) is 13.6 Å². The molecule has 32 heavy (non-hydrogen) atoms. The molecule has 3 aromatic rings. The SMILES string of the molecule is Cc1cc(C(C)(F)F)nn2c(C)c(Cc3c(Cl)ccc(C(=O)N4CCOCC4)c3Cl)nc12. The molecule has 6 nitrogen and oxygen atoms in total. The highest BCUT2D eigenvalue weighted by Crippen LogP contribution is 2.33. The molecule has 1 fully saturated rings. The normalized spacial score (nSPS) is 14.9. The fourth-order valence-electron chi connectivity index (χ4n) is 3.73. The van der Waals surface area contributed by atoms with E-state index in [1.807, 2.05) is 0 Å². The van der Waals surface area contributed by atoms with Crippen molar-refractivity contribution in [3.63, 3.8) is 0 Å². The van der Waals surface area contributed by atoms with Gasteiger partial charge in [0.25, 0.3) is 11.8 Å². The second kappa shape index (κ2) is 8.57. The van der Waals surface area contributed by atoms with Gasteiger partial charge in [-0.1, -0.05) is 23.2 Å². The third kappa shape index (κ3) is 4.19. The Morgan fingerprint density at radius 1 is 1.22 bits per heavy atom. The summed E-state index contributed by atoms with van der Waals surface area (Å²) in [5.41, 5.74) is 2.85. The van der Waals surface area contributed by atoms with Gasteiger partial charge in [0, 0.05) is 31.5 Å². The summed E-state index contributed by atoms with van der Waals surface area (Å²) in [6.07, 6.45) is 0.231. The maximum Gasteiger partial charge on any atom is 0.288 e. The van der Waals surface area contributed by atoms with E-state index in [1.165, 1.54) is 10.6 Å². The number of hydrogen-bond acceptors (Lipinski definition) is 4. The van der Waals surface area contributed by atoms with Crippen molar-refractivity contribution in [2.45, 2.75) is 33.1 Å². The first-order chi connectivity index (χ1) is 15.1. The van der Waals surface area contributed by atoms with Gasteiger partial charge in [-0.3, -0.25) is 4.79 Å². The first-order valence-corrected chi connectivity index (χ1v) is 10.9. The van der Waals surface area contributed by atoms with Crippen molar-refractivity contribution in [2.24, 2.45) is 0 Å². The monoisotopic (exact) mass is 482 g/mol. The number of amides is 1. The molecule has 1 aliphatic rings. The molecule has 2 aromatic heterocycles. The molecule has 0 bridgehead atoms. The summed E-state index contributed by atoms with van der Waals surface area (Å²) in [5, 5.41) is 4.75. The Morgan fingerprint density at radius 3 is 2.56 bits per heavy atom. The van der Waals surface area contributed by atoms with Crippen LogP contribution in [-0.4, -0.2) is 51.7 Å². The molecule has 0 atom stereocenters. The number of ether oxygens (including phenoxy) is 1. The van der Waals surface area contributed by atoms with Crippen LogP contribution in [0, 0.1) is 13.8 Å². The first-order valence-electron chi connectivity index (χ1n) is 10.2. The van der Waals surface area contributed by atoms with Crippen LogP contribution in [0.3, 0.4) is 0 Å². The predicted octanol–water partition coefficient (Wildman–Crippen LogP) is 4.83. The smallest absolute Gasteiger partial charge is 0.288 e. The minimum atomic E-state index is -3.07. The third-order valence-electron chi connectivity index (χ3n) is 5.60. The fourth-order valence-corrected chi connectivity index (χ4v) is 4.32. The molecule has 0 saturated carbocycles. The van der Waals surface area contributed by atoms with Crippen LogP contribution in [0.15, 0.2) is 18.2 Å². The van der Waals surface area contributed by atoms with Crippen LogP contribution in [0.5, 0.6) is 0 Å². The van der Waals surface area contributed by atoms with Gasteiger partial charge < -0.3 is 9.64 Å². The Morgan fingerprint density at radius 2 is 1.91 bits per heavy atom. The van der Waals surface area contributed by atoms with Gasteiger partial charge in [0.2, 0.25) is 0 Å². The zero-order chi connectivity index (χ0) is 23.2. The van der Waals surface area contributed by atoms with Crippen LogP contribution in [-0.2, 0) is 17.1 Å². The van der Waals surface area contributed by atoms with Gasteiger partial charge in [0.15, 0.2) is 5.65 Å². The van der Waals surface area contributed by atoms with Crippen LogP contribution in [0.4, 0.5) is 8.78 Å². The van der Waals surface area contributed by atoms with Crippen LogP contribution in [0.1, 0.15) is 45.5 Å². The Balaban J connectivity index is 1.73. The maximum absolute atomic E-state index is 13.9. The number of hydrogen-bond donors (Lipinski definition) is 0. The lowest BCUT2D eigenvalue weighted by Crippen LogP contribution is -2.40. The number of carbonyl (C=O) groups is 1. The number of nitrogens with zero attached hydrogens (tertiary/aromatic N) is 4. The van der Waals surface area contributed by atoms with Gasteiger partial charge in [-0.15, -0.1) is 0 Å². The van der Waals surface area contributed by atoms with E-state index in [-0.39, 0.29) is 23.0 Å². The van der Waals surface area contributed by atoms with Crippen LogP contribution in [0.25, 0.3) is 5.65 Å². The zero-order valence-electron chi connectivity index (χ0n) is 17.9. The maximum atomic E-state index is 13.9. The number of halogens is 4. The molecule has 0 aliphatic carbocycles. The summed E-state index contributed by atoms with van der Waals surface area (Å²) >= 11 is 13.1. The van der Waals surface area contributed by atoms with Crippen molar-refractivity contribution in [1.29, 1.82) is 0 Å². The second-order valence-corrected chi connectivity index (χ2v) is 8.73. The minimum absolute atomic E-state index is 0.185. The molecule has 0 radical (unpaired) electrons. The molecule has 0 N–H and O–H groups in total. The minimum Gasteiger partial charge on any atom is -0.378 e. The zero-order valence-corrected chi connectivity index (χ0v) is 19.4. The Hall–Kier alpha value is -2.29. The lowest BCUT2D eigenvalue weighted by Gasteiger charge is -2.27. The highest BCUT2D eigenvalue weighted by atomic mass is 35.5. The number of aromatic nitrogens is 3. The van der Waals surface area contributed by atoms with E-state index in [0.717, 1.165) is 6.92 Å². The van der Waals surface area contributed by atoms with Gasteiger partial charge in [-0.05, 0) is 43.2 Å². The summed E-state index contributed by atoms with van der Waals surface area (Å²) in [5.74, 6) is -3.26. The lowest BCUT2D eigenvalue weighted by atomic mass is 10.0. The third-order valence-corrected chi connectivity index (χ3v) is 6.39. The molecule has 10 heteroatoms. The number of benzene rings is 1. The number of fused-ring (bicyclic) bond motifs is 1. The number of aryl methyl sites for hydroxylation is 2. The summed E-state index contributed by atoms with van der Waals surface area (Å²) < 4.78 is 34.4. The number of alkyl halides is 2. The second-order valence-electron chi connectivity index (χ2n) is 7.95. The molecule has 1 saturated heterocycles.